The molecule has 9 heavy (non-hydrogen) atoms. The third-order valence-electron chi connectivity index (χ3n) is 0.611. The maximum absolute atomic E-state index is 5.43. The molecule has 0 bridgehead atoms. The summed E-state index contributed by atoms with van der Waals surface area (Å²) in [4.78, 5) is 3.81. The molecule has 0 saturated carbocycles. The molecule has 0 amide bonds. The quantitative estimate of drug-likeness (QED) is 0.417. The second kappa shape index (κ2) is 4.33. The number of hydrogen-bond acceptors (Lipinski definition) is 1. The zero-order valence-corrected chi connectivity index (χ0v) is 6.44. The first-order valence-electron chi connectivity index (χ1n) is 2.65. The Morgan fingerprint density at radius 2 is 2.11 bits per heavy atom. The van der Waals surface area contributed by atoms with Crippen molar-refractivity contribution in [2.75, 3.05) is 0 Å². The molecule has 1 nitrogen and oxygen atoms in total. The molecule has 0 aliphatic heterocycles. The molecular formula is C7H10ClN. The predicted octanol–water partition coefficient (Wildman–Crippen LogP) is 2.73. The number of rotatable bonds is 2. The van der Waals surface area contributed by atoms with E-state index in [1.54, 1.807) is 19.2 Å². The summed E-state index contributed by atoms with van der Waals surface area (Å²) in [7, 11) is 0. The van der Waals surface area contributed by atoms with Crippen LogP contribution in [0.3, 0.4) is 0 Å². The van der Waals surface area contributed by atoms with Crippen LogP contribution in [0.4, 0.5) is 0 Å². The van der Waals surface area contributed by atoms with E-state index in [1.807, 2.05) is 6.92 Å². The molecule has 0 aromatic carbocycles. The Bertz CT molecular complexity index is 152. The normalized spacial score (nSPS) is 12.6. The second-order valence-electron chi connectivity index (χ2n) is 1.79. The minimum Gasteiger partial charge on any atom is -0.249 e. The van der Waals surface area contributed by atoms with E-state index in [9.17, 15) is 0 Å². The largest absolute Gasteiger partial charge is 0.249 e. The van der Waals surface area contributed by atoms with E-state index in [0.29, 0.717) is 5.17 Å². The van der Waals surface area contributed by atoms with Gasteiger partial charge < -0.3 is 0 Å². The zero-order chi connectivity index (χ0) is 7.28. The van der Waals surface area contributed by atoms with E-state index in [-0.39, 0.29) is 0 Å². The van der Waals surface area contributed by atoms with Gasteiger partial charge in [0.25, 0.3) is 0 Å². The molecule has 0 atom stereocenters. The van der Waals surface area contributed by atoms with Crippen LogP contribution in [0.5, 0.6) is 0 Å². The summed E-state index contributed by atoms with van der Waals surface area (Å²) in [5, 5.41) is 0.535. The minimum absolute atomic E-state index is 0.535. The highest BCUT2D eigenvalue weighted by Gasteiger charge is 1.74. The lowest BCUT2D eigenvalue weighted by Gasteiger charge is -1.81. The summed E-state index contributed by atoms with van der Waals surface area (Å²) < 4.78 is 0. The van der Waals surface area contributed by atoms with Gasteiger partial charge in [-0.1, -0.05) is 23.8 Å². The fourth-order valence-corrected chi connectivity index (χ4v) is 0.324. The lowest BCUT2D eigenvalue weighted by Crippen LogP contribution is -1.69. The maximum atomic E-state index is 5.43. The molecule has 0 spiro atoms. The number of halogens is 1. The van der Waals surface area contributed by atoms with Gasteiger partial charge in [0, 0.05) is 6.20 Å². The van der Waals surface area contributed by atoms with E-state index >= 15 is 0 Å². The molecule has 50 valence electrons. The van der Waals surface area contributed by atoms with Gasteiger partial charge in [-0.3, -0.25) is 0 Å². The Balaban J connectivity index is 3.74. The SMILES string of the molecule is C=C(C)/C=C\N=C(C)Cl. The first-order valence-corrected chi connectivity index (χ1v) is 3.02. The monoisotopic (exact) mass is 143 g/mol. The van der Waals surface area contributed by atoms with Gasteiger partial charge in [-0.25, -0.2) is 4.99 Å². The van der Waals surface area contributed by atoms with Gasteiger partial charge in [0.15, 0.2) is 0 Å². The molecule has 0 aromatic heterocycles. The van der Waals surface area contributed by atoms with Crippen molar-refractivity contribution < 1.29 is 0 Å². The minimum atomic E-state index is 0.535. The van der Waals surface area contributed by atoms with Crippen LogP contribution in [0.2, 0.25) is 0 Å². The molecule has 0 fully saturated rings. The van der Waals surface area contributed by atoms with Crippen LogP contribution in [0.15, 0.2) is 29.4 Å². The van der Waals surface area contributed by atoms with Crippen LogP contribution >= 0.6 is 11.6 Å². The summed E-state index contributed by atoms with van der Waals surface area (Å²) >= 11 is 5.43. The van der Waals surface area contributed by atoms with Gasteiger partial charge in [0.2, 0.25) is 0 Å². The summed E-state index contributed by atoms with van der Waals surface area (Å²) in [6.45, 7) is 7.28. The summed E-state index contributed by atoms with van der Waals surface area (Å²) in [5.74, 6) is 0. The van der Waals surface area contributed by atoms with Crippen LogP contribution in [-0.4, -0.2) is 5.17 Å². The molecule has 0 unspecified atom stereocenters. The molecule has 0 heterocycles. The summed E-state index contributed by atoms with van der Waals surface area (Å²) in [6.07, 6.45) is 3.43. The zero-order valence-electron chi connectivity index (χ0n) is 5.69. The summed E-state index contributed by atoms with van der Waals surface area (Å²) in [5.41, 5.74) is 0.969. The van der Waals surface area contributed by atoms with E-state index in [1.165, 1.54) is 0 Å². The van der Waals surface area contributed by atoms with Gasteiger partial charge in [-0.15, -0.1) is 0 Å². The van der Waals surface area contributed by atoms with E-state index in [4.69, 9.17) is 11.6 Å². The fraction of sp³-hybridized carbons (Fsp3) is 0.286. The smallest absolute Gasteiger partial charge is 0.103 e. The molecule has 0 radical (unpaired) electrons. The van der Waals surface area contributed by atoms with E-state index < -0.39 is 0 Å². The Morgan fingerprint density at radius 3 is 2.44 bits per heavy atom. The van der Waals surface area contributed by atoms with Crippen LogP contribution < -0.4 is 0 Å². The Kier molecular flexibility index (Phi) is 4.06. The third-order valence-corrected chi connectivity index (χ3v) is 0.709. The van der Waals surface area contributed by atoms with Gasteiger partial charge in [-0.2, -0.15) is 0 Å². The van der Waals surface area contributed by atoms with Crippen molar-refractivity contribution in [3.05, 3.63) is 24.4 Å². The molecule has 0 N–H and O–H groups in total. The fourth-order valence-electron chi connectivity index (χ4n) is 0.267. The Morgan fingerprint density at radius 1 is 1.56 bits per heavy atom. The molecule has 0 aromatic rings. The Hall–Kier alpha value is -0.560. The van der Waals surface area contributed by atoms with Gasteiger partial charge >= 0.3 is 0 Å². The number of allylic oxidation sites excluding steroid dienone is 2. The van der Waals surface area contributed by atoms with Crippen LogP contribution in [0, 0.1) is 0 Å². The molecule has 2 heteroatoms. The number of aliphatic imine (C=N–C) groups is 1. The van der Waals surface area contributed by atoms with Gasteiger partial charge in [0.1, 0.15) is 5.17 Å². The van der Waals surface area contributed by atoms with Crippen LogP contribution in [0.1, 0.15) is 13.8 Å². The highest BCUT2D eigenvalue weighted by Crippen LogP contribution is 1.90. The van der Waals surface area contributed by atoms with Crippen molar-refractivity contribution in [3.8, 4) is 0 Å². The highest BCUT2D eigenvalue weighted by molar-refractivity contribution is 6.64. The van der Waals surface area contributed by atoms with E-state index in [2.05, 4.69) is 11.6 Å². The number of nitrogens with zero attached hydrogens (tertiary/aromatic N) is 1. The highest BCUT2D eigenvalue weighted by atomic mass is 35.5. The average molecular weight is 144 g/mol. The van der Waals surface area contributed by atoms with E-state index in [0.717, 1.165) is 5.57 Å². The standard InChI is InChI=1S/C7H10ClN/c1-6(2)4-5-9-7(3)8/h4-5H,1H2,2-3H3/b5-4-,9-7?. The van der Waals surface area contributed by atoms with Crippen molar-refractivity contribution in [3.63, 3.8) is 0 Å². The summed E-state index contributed by atoms with van der Waals surface area (Å²) in [6, 6.07) is 0. The first-order chi connectivity index (χ1) is 4.13. The first kappa shape index (κ1) is 8.44. The molecule has 0 rings (SSSR count). The van der Waals surface area contributed by atoms with Gasteiger partial charge in [-0.05, 0) is 19.9 Å². The topological polar surface area (TPSA) is 12.4 Å². The van der Waals surface area contributed by atoms with Crippen molar-refractivity contribution in [1.29, 1.82) is 0 Å². The molecule has 0 aliphatic rings. The van der Waals surface area contributed by atoms with Crippen LogP contribution in [0.25, 0.3) is 0 Å². The van der Waals surface area contributed by atoms with Crippen molar-refractivity contribution >= 4 is 16.8 Å². The lowest BCUT2D eigenvalue weighted by atomic mass is 10.3. The van der Waals surface area contributed by atoms with Crippen molar-refractivity contribution in [2.45, 2.75) is 13.8 Å². The maximum Gasteiger partial charge on any atom is 0.103 e. The molecule has 0 aliphatic carbocycles. The predicted molar refractivity (Wildman–Crippen MR) is 42.9 cm³/mol. The molecular weight excluding hydrogens is 134 g/mol. The second-order valence-corrected chi connectivity index (χ2v) is 2.34. The molecule has 0 saturated heterocycles. The third kappa shape index (κ3) is 7.44. The van der Waals surface area contributed by atoms with Crippen molar-refractivity contribution in [2.24, 2.45) is 4.99 Å². The van der Waals surface area contributed by atoms with Crippen molar-refractivity contribution in [1.82, 2.24) is 0 Å². The average Bonchev–Trinajstić information content (AvgIpc) is 1.63. The number of hydrogen-bond donors (Lipinski definition) is 0. The van der Waals surface area contributed by atoms with Gasteiger partial charge in [0.05, 0.1) is 0 Å². The van der Waals surface area contributed by atoms with Crippen LogP contribution in [-0.2, 0) is 0 Å². The lowest BCUT2D eigenvalue weighted by molar-refractivity contribution is 1.49. The Labute approximate surface area is 60.7 Å².